The zero-order chi connectivity index (χ0) is 10.1. The van der Waals surface area contributed by atoms with Crippen molar-refractivity contribution in [1.29, 1.82) is 0 Å². The zero-order valence-electron chi connectivity index (χ0n) is 8.45. The second-order valence-corrected chi connectivity index (χ2v) is 3.90. The highest BCUT2D eigenvalue weighted by atomic mass is 16.2. The fourth-order valence-electron chi connectivity index (χ4n) is 1.79. The molecule has 2 heterocycles. The molecule has 3 heteroatoms. The minimum atomic E-state index is 0.0465. The maximum atomic E-state index is 11.3. The van der Waals surface area contributed by atoms with Crippen LogP contribution in [-0.2, 0) is 4.79 Å². The Balaban J connectivity index is 2.23. The number of pyridine rings is 1. The van der Waals surface area contributed by atoms with Crippen molar-refractivity contribution in [1.82, 2.24) is 10.3 Å². The highest BCUT2D eigenvalue weighted by Crippen LogP contribution is 2.26. The molecule has 1 aromatic rings. The van der Waals surface area contributed by atoms with E-state index < -0.39 is 0 Å². The van der Waals surface area contributed by atoms with Gasteiger partial charge in [-0.15, -0.1) is 0 Å². The number of hydrogen-bond donors (Lipinski definition) is 1. The molecule has 3 nitrogen and oxygen atoms in total. The van der Waals surface area contributed by atoms with Gasteiger partial charge in [-0.25, -0.2) is 0 Å². The number of carbonyl (C=O) groups excluding carboxylic acids is 1. The lowest BCUT2D eigenvalue weighted by molar-refractivity contribution is -0.122. The fraction of sp³-hybridized carbons (Fsp3) is 0.455. The topological polar surface area (TPSA) is 42.0 Å². The van der Waals surface area contributed by atoms with Gasteiger partial charge in [0.1, 0.15) is 0 Å². The van der Waals surface area contributed by atoms with E-state index in [1.807, 2.05) is 32.2 Å². The van der Waals surface area contributed by atoms with Crippen LogP contribution in [0.2, 0.25) is 0 Å². The number of rotatable bonds is 1. The van der Waals surface area contributed by atoms with E-state index in [4.69, 9.17) is 0 Å². The molecule has 1 aliphatic rings. The van der Waals surface area contributed by atoms with Gasteiger partial charge in [0.25, 0.3) is 0 Å². The predicted molar refractivity (Wildman–Crippen MR) is 53.9 cm³/mol. The molecule has 1 aromatic heterocycles. The van der Waals surface area contributed by atoms with E-state index >= 15 is 0 Å². The average Bonchev–Trinajstić information content (AvgIpc) is 2.50. The Labute approximate surface area is 83.5 Å². The van der Waals surface area contributed by atoms with Crippen molar-refractivity contribution in [3.05, 3.63) is 29.6 Å². The third-order valence-electron chi connectivity index (χ3n) is 2.83. The Morgan fingerprint density at radius 1 is 1.50 bits per heavy atom. The van der Waals surface area contributed by atoms with Gasteiger partial charge in [0.15, 0.2) is 0 Å². The number of aryl methyl sites for hydroxylation is 1. The first kappa shape index (κ1) is 9.19. The summed E-state index contributed by atoms with van der Waals surface area (Å²) in [6.07, 6.45) is 1.85. The standard InChI is InChI=1S/C11H14N2O/c1-7-3-4-10(12-5-7)9-6-13-11(14)8(9)2/h3-5,8-9H,6H2,1-2H3,(H,13,14)/t8-,9+/m0/s1. The van der Waals surface area contributed by atoms with Gasteiger partial charge in [0.05, 0.1) is 0 Å². The lowest BCUT2D eigenvalue weighted by Crippen LogP contribution is -2.17. The third kappa shape index (κ3) is 1.50. The summed E-state index contributed by atoms with van der Waals surface area (Å²) in [5.41, 5.74) is 2.17. The van der Waals surface area contributed by atoms with E-state index in [0.29, 0.717) is 0 Å². The van der Waals surface area contributed by atoms with Crippen LogP contribution in [0.1, 0.15) is 24.1 Å². The summed E-state index contributed by atoms with van der Waals surface area (Å²) in [4.78, 5) is 15.6. The smallest absolute Gasteiger partial charge is 0.223 e. The maximum Gasteiger partial charge on any atom is 0.223 e. The highest BCUT2D eigenvalue weighted by Gasteiger charge is 2.32. The van der Waals surface area contributed by atoms with Crippen molar-refractivity contribution in [3.8, 4) is 0 Å². The van der Waals surface area contributed by atoms with Gasteiger partial charge >= 0.3 is 0 Å². The summed E-state index contributed by atoms with van der Waals surface area (Å²) < 4.78 is 0. The second-order valence-electron chi connectivity index (χ2n) is 3.90. The Morgan fingerprint density at radius 2 is 2.29 bits per heavy atom. The van der Waals surface area contributed by atoms with Crippen molar-refractivity contribution in [3.63, 3.8) is 0 Å². The van der Waals surface area contributed by atoms with Crippen LogP contribution in [0.5, 0.6) is 0 Å². The molecule has 0 aromatic carbocycles. The quantitative estimate of drug-likeness (QED) is 0.724. The van der Waals surface area contributed by atoms with Crippen molar-refractivity contribution in [2.24, 2.45) is 5.92 Å². The summed E-state index contributed by atoms with van der Waals surface area (Å²) in [7, 11) is 0. The van der Waals surface area contributed by atoms with Crippen LogP contribution in [0.3, 0.4) is 0 Å². The Bertz CT molecular complexity index is 345. The fourth-order valence-corrected chi connectivity index (χ4v) is 1.79. The molecule has 1 saturated heterocycles. The second kappa shape index (κ2) is 3.40. The maximum absolute atomic E-state index is 11.3. The number of carbonyl (C=O) groups is 1. The van der Waals surface area contributed by atoms with Gasteiger partial charge in [-0.05, 0) is 18.6 Å². The first-order valence-electron chi connectivity index (χ1n) is 4.89. The largest absolute Gasteiger partial charge is 0.355 e. The van der Waals surface area contributed by atoms with Crippen molar-refractivity contribution in [2.75, 3.05) is 6.54 Å². The lowest BCUT2D eigenvalue weighted by Gasteiger charge is -2.11. The van der Waals surface area contributed by atoms with Crippen LogP contribution < -0.4 is 5.32 Å². The molecular formula is C11H14N2O. The summed E-state index contributed by atoms with van der Waals surface area (Å²) in [6, 6.07) is 4.05. The lowest BCUT2D eigenvalue weighted by atomic mass is 9.93. The third-order valence-corrected chi connectivity index (χ3v) is 2.83. The van der Waals surface area contributed by atoms with E-state index in [-0.39, 0.29) is 17.7 Å². The molecule has 2 rings (SSSR count). The monoisotopic (exact) mass is 190 g/mol. The van der Waals surface area contributed by atoms with Crippen molar-refractivity contribution < 1.29 is 4.79 Å². The van der Waals surface area contributed by atoms with Crippen LogP contribution in [-0.4, -0.2) is 17.4 Å². The first-order valence-corrected chi connectivity index (χ1v) is 4.89. The van der Waals surface area contributed by atoms with Gasteiger partial charge in [0, 0.05) is 30.3 Å². The summed E-state index contributed by atoms with van der Waals surface area (Å²) in [5, 5.41) is 2.85. The predicted octanol–water partition coefficient (Wildman–Crippen LogP) is 1.24. The molecule has 1 aliphatic heterocycles. The molecule has 1 amide bonds. The molecule has 0 radical (unpaired) electrons. The van der Waals surface area contributed by atoms with Gasteiger partial charge in [-0.1, -0.05) is 13.0 Å². The first-order chi connectivity index (χ1) is 6.68. The molecule has 1 fully saturated rings. The Morgan fingerprint density at radius 3 is 2.79 bits per heavy atom. The van der Waals surface area contributed by atoms with Gasteiger partial charge in [0.2, 0.25) is 5.91 Å². The minimum Gasteiger partial charge on any atom is -0.355 e. The average molecular weight is 190 g/mol. The molecule has 0 saturated carbocycles. The Hall–Kier alpha value is -1.38. The van der Waals surface area contributed by atoms with Crippen LogP contribution in [0.25, 0.3) is 0 Å². The number of nitrogens with one attached hydrogen (secondary N) is 1. The number of nitrogens with zero attached hydrogens (tertiary/aromatic N) is 1. The molecule has 0 aliphatic carbocycles. The summed E-state index contributed by atoms with van der Waals surface area (Å²) in [5.74, 6) is 0.422. The van der Waals surface area contributed by atoms with E-state index in [9.17, 15) is 4.79 Å². The molecule has 0 unspecified atom stereocenters. The van der Waals surface area contributed by atoms with Crippen molar-refractivity contribution in [2.45, 2.75) is 19.8 Å². The molecule has 0 bridgehead atoms. The minimum absolute atomic E-state index is 0.0465. The molecule has 0 spiro atoms. The number of aromatic nitrogens is 1. The number of amides is 1. The van der Waals surface area contributed by atoms with Crippen LogP contribution in [0.4, 0.5) is 0 Å². The van der Waals surface area contributed by atoms with Gasteiger partial charge in [-0.2, -0.15) is 0 Å². The molecule has 74 valence electrons. The molecule has 1 N–H and O–H groups in total. The summed E-state index contributed by atoms with van der Waals surface area (Å²) >= 11 is 0. The van der Waals surface area contributed by atoms with Gasteiger partial charge in [-0.3, -0.25) is 9.78 Å². The molecule has 14 heavy (non-hydrogen) atoms. The van der Waals surface area contributed by atoms with E-state index in [2.05, 4.69) is 10.3 Å². The zero-order valence-corrected chi connectivity index (χ0v) is 8.45. The van der Waals surface area contributed by atoms with Crippen molar-refractivity contribution >= 4 is 5.91 Å². The molecule has 2 atom stereocenters. The Kier molecular flexibility index (Phi) is 2.23. The van der Waals surface area contributed by atoms with E-state index in [1.54, 1.807) is 0 Å². The van der Waals surface area contributed by atoms with E-state index in [0.717, 1.165) is 17.8 Å². The van der Waals surface area contributed by atoms with Crippen LogP contribution in [0, 0.1) is 12.8 Å². The normalized spacial score (nSPS) is 26.3. The van der Waals surface area contributed by atoms with Crippen LogP contribution >= 0.6 is 0 Å². The van der Waals surface area contributed by atoms with Crippen LogP contribution in [0.15, 0.2) is 18.3 Å². The number of hydrogen-bond acceptors (Lipinski definition) is 2. The molecular weight excluding hydrogens is 176 g/mol. The van der Waals surface area contributed by atoms with E-state index in [1.165, 1.54) is 0 Å². The SMILES string of the molecule is Cc1ccc([C@@H]2CNC(=O)[C@H]2C)nc1. The summed E-state index contributed by atoms with van der Waals surface area (Å²) in [6.45, 7) is 4.68. The van der Waals surface area contributed by atoms with Gasteiger partial charge < -0.3 is 5.32 Å². The highest BCUT2D eigenvalue weighted by molar-refractivity contribution is 5.81.